The molecule has 0 amide bonds. The fourth-order valence-electron chi connectivity index (χ4n) is 1.63. The third kappa shape index (κ3) is 4.43. The van der Waals surface area contributed by atoms with Gasteiger partial charge in [0.2, 0.25) is 0 Å². The highest BCUT2D eigenvalue weighted by Crippen LogP contribution is 2.11. The zero-order valence-corrected chi connectivity index (χ0v) is 10.0. The Kier molecular flexibility index (Phi) is 4.76. The lowest BCUT2D eigenvalue weighted by molar-refractivity contribution is 0.492. The number of pyridine rings is 1. The largest absolute Gasteiger partial charge is 0.327 e. The van der Waals surface area contributed by atoms with E-state index in [0.717, 1.165) is 24.5 Å². The molecule has 0 spiro atoms. The van der Waals surface area contributed by atoms with Crippen LogP contribution in [0.15, 0.2) is 18.3 Å². The van der Waals surface area contributed by atoms with E-state index in [1.165, 1.54) is 12.0 Å². The van der Waals surface area contributed by atoms with Gasteiger partial charge in [-0.25, -0.2) is 0 Å². The second kappa shape index (κ2) is 5.86. The van der Waals surface area contributed by atoms with Gasteiger partial charge in [0.25, 0.3) is 0 Å². The van der Waals surface area contributed by atoms with Gasteiger partial charge in [-0.15, -0.1) is 0 Å². The minimum Gasteiger partial charge on any atom is -0.327 e. The molecular weight excluding hydrogens is 184 g/mol. The van der Waals surface area contributed by atoms with Crippen LogP contribution in [0.1, 0.15) is 37.9 Å². The van der Waals surface area contributed by atoms with E-state index in [1.54, 1.807) is 0 Å². The number of hydrogen-bond acceptors (Lipinski definition) is 2. The summed E-state index contributed by atoms with van der Waals surface area (Å²) in [6, 6.07) is 4.32. The number of nitrogens with two attached hydrogens (primary N) is 1. The molecular formula is C13H22N2. The lowest BCUT2D eigenvalue weighted by Crippen LogP contribution is -2.24. The first kappa shape index (κ1) is 12.2. The molecule has 0 saturated carbocycles. The van der Waals surface area contributed by atoms with Crippen LogP contribution < -0.4 is 5.73 Å². The molecule has 0 saturated heterocycles. The molecule has 0 radical (unpaired) electrons. The van der Waals surface area contributed by atoms with Crippen LogP contribution in [0.3, 0.4) is 0 Å². The molecule has 1 aromatic rings. The molecule has 0 aliphatic heterocycles. The number of nitrogens with zero attached hydrogens (tertiary/aromatic N) is 1. The zero-order chi connectivity index (χ0) is 11.3. The SMILES string of the molecule is Cc1cccnc1CC(N)CCC(C)C. The van der Waals surface area contributed by atoms with Crippen molar-refractivity contribution in [1.82, 2.24) is 4.98 Å². The zero-order valence-electron chi connectivity index (χ0n) is 10.0. The van der Waals surface area contributed by atoms with Gasteiger partial charge in [0.05, 0.1) is 0 Å². The summed E-state index contributed by atoms with van der Waals surface area (Å²) in [7, 11) is 0. The molecule has 0 aromatic carbocycles. The minimum atomic E-state index is 0.251. The predicted octanol–water partition coefficient (Wildman–Crippen LogP) is 2.70. The first-order chi connectivity index (χ1) is 7.09. The van der Waals surface area contributed by atoms with Gasteiger partial charge in [-0.2, -0.15) is 0 Å². The molecule has 0 aliphatic carbocycles. The summed E-state index contributed by atoms with van der Waals surface area (Å²) in [6.07, 6.45) is 5.04. The fourth-order valence-corrected chi connectivity index (χ4v) is 1.63. The molecule has 0 aliphatic rings. The van der Waals surface area contributed by atoms with E-state index in [-0.39, 0.29) is 6.04 Å². The highest BCUT2D eigenvalue weighted by Gasteiger charge is 2.07. The number of rotatable bonds is 5. The maximum absolute atomic E-state index is 6.08. The van der Waals surface area contributed by atoms with Gasteiger partial charge in [-0.3, -0.25) is 4.98 Å². The van der Waals surface area contributed by atoms with Crippen molar-refractivity contribution in [2.45, 2.75) is 46.1 Å². The Morgan fingerprint density at radius 2 is 2.07 bits per heavy atom. The Bertz CT molecular complexity index is 294. The van der Waals surface area contributed by atoms with E-state index in [0.29, 0.717) is 0 Å². The molecule has 1 unspecified atom stereocenters. The monoisotopic (exact) mass is 206 g/mol. The molecule has 2 nitrogen and oxygen atoms in total. The van der Waals surface area contributed by atoms with Gasteiger partial charge >= 0.3 is 0 Å². The normalized spacial score (nSPS) is 13.1. The van der Waals surface area contributed by atoms with Gasteiger partial charge in [-0.1, -0.05) is 19.9 Å². The van der Waals surface area contributed by atoms with Crippen molar-refractivity contribution in [1.29, 1.82) is 0 Å². The third-order valence-corrected chi connectivity index (χ3v) is 2.69. The van der Waals surface area contributed by atoms with E-state index in [1.807, 2.05) is 12.3 Å². The van der Waals surface area contributed by atoms with E-state index in [4.69, 9.17) is 5.73 Å². The molecule has 1 aromatic heterocycles. The molecule has 15 heavy (non-hydrogen) atoms. The highest BCUT2D eigenvalue weighted by molar-refractivity contribution is 5.18. The summed E-state index contributed by atoms with van der Waals surface area (Å²) >= 11 is 0. The van der Waals surface area contributed by atoms with Crippen LogP contribution in [0.4, 0.5) is 0 Å². The van der Waals surface area contributed by atoms with Crippen molar-refractivity contribution in [2.24, 2.45) is 11.7 Å². The topological polar surface area (TPSA) is 38.9 Å². The second-order valence-electron chi connectivity index (χ2n) is 4.70. The van der Waals surface area contributed by atoms with Gasteiger partial charge in [0, 0.05) is 24.4 Å². The fraction of sp³-hybridized carbons (Fsp3) is 0.615. The maximum Gasteiger partial charge on any atom is 0.0448 e. The molecule has 2 N–H and O–H groups in total. The predicted molar refractivity (Wildman–Crippen MR) is 64.7 cm³/mol. The van der Waals surface area contributed by atoms with E-state index in [2.05, 4.69) is 31.8 Å². The Morgan fingerprint density at radius 1 is 1.33 bits per heavy atom. The molecule has 1 atom stereocenters. The standard InChI is InChI=1S/C13H22N2/c1-10(2)6-7-12(14)9-13-11(3)5-4-8-15-13/h4-5,8,10,12H,6-7,9,14H2,1-3H3. The molecule has 0 bridgehead atoms. The second-order valence-corrected chi connectivity index (χ2v) is 4.70. The van der Waals surface area contributed by atoms with Crippen molar-refractivity contribution >= 4 is 0 Å². The lowest BCUT2D eigenvalue weighted by Gasteiger charge is -2.13. The average molecular weight is 206 g/mol. The van der Waals surface area contributed by atoms with Crippen LogP contribution in [0.25, 0.3) is 0 Å². The summed E-state index contributed by atoms with van der Waals surface area (Å²) in [5.41, 5.74) is 8.48. The summed E-state index contributed by atoms with van der Waals surface area (Å²) in [5.74, 6) is 0.737. The van der Waals surface area contributed by atoms with Crippen molar-refractivity contribution in [3.05, 3.63) is 29.6 Å². The average Bonchev–Trinajstić information content (AvgIpc) is 2.18. The molecule has 0 fully saturated rings. The van der Waals surface area contributed by atoms with Crippen molar-refractivity contribution in [3.8, 4) is 0 Å². The van der Waals surface area contributed by atoms with Crippen LogP contribution >= 0.6 is 0 Å². The van der Waals surface area contributed by atoms with Crippen LogP contribution in [-0.4, -0.2) is 11.0 Å². The summed E-state index contributed by atoms with van der Waals surface area (Å²) in [4.78, 5) is 4.37. The molecule has 2 heteroatoms. The molecule has 1 rings (SSSR count). The van der Waals surface area contributed by atoms with Gasteiger partial charge in [0.1, 0.15) is 0 Å². The van der Waals surface area contributed by atoms with Gasteiger partial charge in [-0.05, 0) is 37.3 Å². The van der Waals surface area contributed by atoms with Gasteiger partial charge < -0.3 is 5.73 Å². The van der Waals surface area contributed by atoms with Crippen molar-refractivity contribution in [3.63, 3.8) is 0 Å². The third-order valence-electron chi connectivity index (χ3n) is 2.69. The minimum absolute atomic E-state index is 0.251. The quantitative estimate of drug-likeness (QED) is 0.804. The van der Waals surface area contributed by atoms with E-state index >= 15 is 0 Å². The summed E-state index contributed by atoms with van der Waals surface area (Å²) < 4.78 is 0. The smallest absolute Gasteiger partial charge is 0.0448 e. The van der Waals surface area contributed by atoms with E-state index in [9.17, 15) is 0 Å². The van der Waals surface area contributed by atoms with Gasteiger partial charge in [0.15, 0.2) is 0 Å². The molecule has 1 heterocycles. The van der Waals surface area contributed by atoms with E-state index < -0.39 is 0 Å². The first-order valence-corrected chi connectivity index (χ1v) is 5.75. The maximum atomic E-state index is 6.08. The highest BCUT2D eigenvalue weighted by atomic mass is 14.7. The van der Waals surface area contributed by atoms with Crippen LogP contribution in [0, 0.1) is 12.8 Å². The Balaban J connectivity index is 2.44. The Morgan fingerprint density at radius 3 is 2.67 bits per heavy atom. The molecule has 84 valence electrons. The number of aromatic nitrogens is 1. The summed E-state index contributed by atoms with van der Waals surface area (Å²) in [6.45, 7) is 6.56. The van der Waals surface area contributed by atoms with Crippen molar-refractivity contribution < 1.29 is 0 Å². The Hall–Kier alpha value is -0.890. The lowest BCUT2D eigenvalue weighted by atomic mass is 9.99. The van der Waals surface area contributed by atoms with Crippen LogP contribution in [-0.2, 0) is 6.42 Å². The van der Waals surface area contributed by atoms with Crippen LogP contribution in [0.2, 0.25) is 0 Å². The Labute approximate surface area is 92.9 Å². The summed E-state index contributed by atoms with van der Waals surface area (Å²) in [5, 5.41) is 0. The number of hydrogen-bond donors (Lipinski definition) is 1. The first-order valence-electron chi connectivity index (χ1n) is 5.75. The van der Waals surface area contributed by atoms with Crippen molar-refractivity contribution in [2.75, 3.05) is 0 Å². The van der Waals surface area contributed by atoms with Crippen LogP contribution in [0.5, 0.6) is 0 Å². The number of aryl methyl sites for hydroxylation is 1.